The Kier molecular flexibility index (Phi) is 3.42. The maximum absolute atomic E-state index is 8.21. The lowest BCUT2D eigenvalue weighted by Gasteiger charge is -1.89. The number of nitrogens with two attached hydrogens (primary N) is 1. The third-order valence-electron chi connectivity index (χ3n) is 0.762. The van der Waals surface area contributed by atoms with Crippen molar-refractivity contribution in [2.24, 2.45) is 5.73 Å². The lowest BCUT2D eigenvalue weighted by atomic mass is 10.3. The smallest absolute Gasteiger partial charge is 0.0631 e. The van der Waals surface area contributed by atoms with Gasteiger partial charge in [0.15, 0.2) is 0 Å². The summed E-state index contributed by atoms with van der Waals surface area (Å²) in [5.74, 6) is 0. The number of hydrogen-bond acceptors (Lipinski definition) is 2. The van der Waals surface area contributed by atoms with Gasteiger partial charge in [-0.3, -0.25) is 0 Å². The highest BCUT2D eigenvalue weighted by Crippen LogP contribution is 1.86. The van der Waals surface area contributed by atoms with Crippen LogP contribution in [0.5, 0.6) is 0 Å². The van der Waals surface area contributed by atoms with E-state index in [0.717, 1.165) is 12.1 Å². The lowest BCUT2D eigenvalue weighted by molar-refractivity contribution is 0.341. The molecule has 0 aromatic heterocycles. The Bertz CT molecular complexity index is 68.5. The molecule has 42 valence electrons. The van der Waals surface area contributed by atoms with Gasteiger partial charge in [-0.25, -0.2) is 0 Å². The first-order valence-electron chi connectivity index (χ1n) is 2.36. The maximum Gasteiger partial charge on any atom is 0.0631 e. The minimum absolute atomic E-state index is 0.0552. The first-order chi connectivity index (χ1) is 3.31. The van der Waals surface area contributed by atoms with Crippen LogP contribution < -0.4 is 5.73 Å². The van der Waals surface area contributed by atoms with Crippen LogP contribution in [0.25, 0.3) is 0 Å². The fourth-order valence-electron chi connectivity index (χ4n) is 0.262. The van der Waals surface area contributed by atoms with Gasteiger partial charge >= 0.3 is 0 Å². The Morgan fingerprint density at radius 3 is 2.57 bits per heavy atom. The molecule has 0 aliphatic carbocycles. The van der Waals surface area contributed by atoms with E-state index in [1.54, 1.807) is 6.08 Å². The summed E-state index contributed by atoms with van der Waals surface area (Å²) in [6.07, 6.45) is 2.42. The molecule has 0 atom stereocenters. The van der Waals surface area contributed by atoms with E-state index in [1.165, 1.54) is 0 Å². The fourth-order valence-corrected chi connectivity index (χ4v) is 0.262. The molecule has 2 heteroatoms. The summed E-state index contributed by atoms with van der Waals surface area (Å²) in [4.78, 5) is 0. The minimum atomic E-state index is 0.0552. The predicted octanol–water partition coefficient (Wildman–Crippen LogP) is 0.231. The van der Waals surface area contributed by atoms with Crippen LogP contribution in [-0.4, -0.2) is 11.7 Å². The van der Waals surface area contributed by atoms with E-state index >= 15 is 0 Å². The van der Waals surface area contributed by atoms with Crippen LogP contribution in [0.4, 0.5) is 0 Å². The molecule has 0 spiro atoms. The number of aliphatic hydroxyl groups is 1. The van der Waals surface area contributed by atoms with Crippen LogP contribution in [-0.2, 0) is 0 Å². The van der Waals surface area contributed by atoms with Gasteiger partial charge in [0.2, 0.25) is 0 Å². The zero-order valence-corrected chi connectivity index (χ0v) is 4.52. The van der Waals surface area contributed by atoms with E-state index in [4.69, 9.17) is 10.8 Å². The largest absolute Gasteiger partial charge is 0.402 e. The van der Waals surface area contributed by atoms with Crippen LogP contribution >= 0.6 is 0 Å². The van der Waals surface area contributed by atoms with Gasteiger partial charge in [-0.05, 0) is 12.5 Å². The molecule has 0 unspecified atom stereocenters. The van der Waals surface area contributed by atoms with E-state index in [-0.39, 0.29) is 6.61 Å². The van der Waals surface area contributed by atoms with Crippen LogP contribution in [0.15, 0.2) is 11.8 Å². The van der Waals surface area contributed by atoms with Gasteiger partial charge in [0, 0.05) is 5.70 Å². The van der Waals surface area contributed by atoms with Crippen molar-refractivity contribution in [3.63, 3.8) is 0 Å². The van der Waals surface area contributed by atoms with Gasteiger partial charge in [-0.2, -0.15) is 0 Å². The minimum Gasteiger partial charge on any atom is -0.402 e. The summed E-state index contributed by atoms with van der Waals surface area (Å²) in [6.45, 7) is 2.00. The van der Waals surface area contributed by atoms with Crippen molar-refractivity contribution in [1.82, 2.24) is 0 Å². The molecule has 0 saturated heterocycles. The van der Waals surface area contributed by atoms with Gasteiger partial charge in [-0.15, -0.1) is 0 Å². The SMILES string of the molecule is CCC(N)=CCO. The Morgan fingerprint density at radius 2 is 2.43 bits per heavy atom. The fraction of sp³-hybridized carbons (Fsp3) is 0.600. The highest BCUT2D eigenvalue weighted by Gasteiger charge is 1.77. The first-order valence-corrected chi connectivity index (χ1v) is 2.36. The monoisotopic (exact) mass is 101 g/mol. The second kappa shape index (κ2) is 3.68. The summed E-state index contributed by atoms with van der Waals surface area (Å²) in [5.41, 5.74) is 6.04. The average Bonchev–Trinajstić information content (AvgIpc) is 1.68. The summed E-state index contributed by atoms with van der Waals surface area (Å²) < 4.78 is 0. The Balaban J connectivity index is 3.29. The molecule has 3 N–H and O–H groups in total. The van der Waals surface area contributed by atoms with Gasteiger partial charge in [-0.1, -0.05) is 6.92 Å². The molecule has 0 amide bonds. The van der Waals surface area contributed by atoms with Crippen molar-refractivity contribution in [3.05, 3.63) is 11.8 Å². The molecule has 2 nitrogen and oxygen atoms in total. The molecule has 7 heavy (non-hydrogen) atoms. The van der Waals surface area contributed by atoms with E-state index in [9.17, 15) is 0 Å². The maximum atomic E-state index is 8.21. The first kappa shape index (κ1) is 6.50. The van der Waals surface area contributed by atoms with Crippen LogP contribution in [0.2, 0.25) is 0 Å². The summed E-state index contributed by atoms with van der Waals surface area (Å²) in [5, 5.41) is 8.21. The summed E-state index contributed by atoms with van der Waals surface area (Å²) in [7, 11) is 0. The Labute approximate surface area is 43.6 Å². The van der Waals surface area contributed by atoms with Crippen LogP contribution in [0.1, 0.15) is 13.3 Å². The predicted molar refractivity (Wildman–Crippen MR) is 29.6 cm³/mol. The molecule has 0 rings (SSSR count). The van der Waals surface area contributed by atoms with Crippen molar-refractivity contribution < 1.29 is 5.11 Å². The van der Waals surface area contributed by atoms with Crippen molar-refractivity contribution in [2.75, 3.05) is 6.61 Å². The highest BCUT2D eigenvalue weighted by atomic mass is 16.2. The Hall–Kier alpha value is -0.500. The Morgan fingerprint density at radius 1 is 1.86 bits per heavy atom. The molecular weight excluding hydrogens is 90.1 g/mol. The van der Waals surface area contributed by atoms with Crippen molar-refractivity contribution in [2.45, 2.75) is 13.3 Å². The van der Waals surface area contributed by atoms with Gasteiger partial charge < -0.3 is 10.8 Å². The van der Waals surface area contributed by atoms with Gasteiger partial charge in [0.25, 0.3) is 0 Å². The number of allylic oxidation sites excluding steroid dienone is 1. The van der Waals surface area contributed by atoms with Gasteiger partial charge in [0.05, 0.1) is 6.61 Å². The zero-order valence-electron chi connectivity index (χ0n) is 4.52. The number of aliphatic hydroxyl groups excluding tert-OH is 1. The van der Waals surface area contributed by atoms with E-state index in [1.807, 2.05) is 6.92 Å². The third kappa shape index (κ3) is 3.33. The molecule has 0 radical (unpaired) electrons. The third-order valence-corrected chi connectivity index (χ3v) is 0.762. The highest BCUT2D eigenvalue weighted by molar-refractivity contribution is 4.94. The quantitative estimate of drug-likeness (QED) is 0.523. The topological polar surface area (TPSA) is 46.2 Å². The zero-order chi connectivity index (χ0) is 5.70. The standard InChI is InChI=1S/C5H11NO/c1-2-5(6)3-4-7/h3,7H,2,4,6H2,1H3. The molecule has 0 aliphatic heterocycles. The summed E-state index contributed by atoms with van der Waals surface area (Å²) in [6, 6.07) is 0. The number of hydrogen-bond donors (Lipinski definition) is 2. The summed E-state index contributed by atoms with van der Waals surface area (Å²) >= 11 is 0. The number of rotatable bonds is 2. The van der Waals surface area contributed by atoms with Crippen molar-refractivity contribution in [3.8, 4) is 0 Å². The lowest BCUT2D eigenvalue weighted by Crippen LogP contribution is -1.95. The van der Waals surface area contributed by atoms with Gasteiger partial charge in [0.1, 0.15) is 0 Å². The normalized spacial score (nSPS) is 12.0. The molecule has 0 aliphatic rings. The van der Waals surface area contributed by atoms with Crippen LogP contribution in [0, 0.1) is 0 Å². The van der Waals surface area contributed by atoms with E-state index < -0.39 is 0 Å². The second-order valence-electron chi connectivity index (χ2n) is 1.32. The second-order valence-corrected chi connectivity index (χ2v) is 1.32. The van der Waals surface area contributed by atoms with Crippen LogP contribution in [0.3, 0.4) is 0 Å². The average molecular weight is 101 g/mol. The van der Waals surface area contributed by atoms with Crippen molar-refractivity contribution >= 4 is 0 Å². The molecule has 0 heterocycles. The van der Waals surface area contributed by atoms with E-state index in [2.05, 4.69) is 0 Å². The molecule has 0 fully saturated rings. The molecule has 0 saturated carbocycles. The van der Waals surface area contributed by atoms with Crippen molar-refractivity contribution in [1.29, 1.82) is 0 Å². The molecule has 0 aromatic rings. The van der Waals surface area contributed by atoms with E-state index in [0.29, 0.717) is 0 Å². The molecule has 0 bridgehead atoms. The molecule has 0 aromatic carbocycles. The molecular formula is C5H11NO.